The Balaban J connectivity index is 1.61. The van der Waals surface area contributed by atoms with Crippen molar-refractivity contribution in [2.75, 3.05) is 39.3 Å². The molecule has 0 N–H and O–H groups in total. The van der Waals surface area contributed by atoms with Gasteiger partial charge in [-0.1, -0.05) is 12.3 Å². The lowest BCUT2D eigenvalue weighted by Crippen LogP contribution is -2.55. The van der Waals surface area contributed by atoms with E-state index in [9.17, 15) is 4.79 Å². The first-order valence-corrected chi connectivity index (χ1v) is 9.00. The molecule has 1 amide bonds. The summed E-state index contributed by atoms with van der Waals surface area (Å²) < 4.78 is 0. The maximum absolute atomic E-state index is 13.0. The lowest BCUT2D eigenvalue weighted by molar-refractivity contribution is -0.140. The Hall–Kier alpha value is -1.05. The fourth-order valence-electron chi connectivity index (χ4n) is 4.35. The number of amides is 1. The minimum Gasteiger partial charge on any atom is -0.340 e. The Morgan fingerprint density at radius 1 is 1.00 bits per heavy atom. The topological polar surface area (TPSA) is 26.8 Å². The van der Waals surface area contributed by atoms with E-state index >= 15 is 0 Å². The Labute approximate surface area is 134 Å². The fraction of sp³-hybridized carbons (Fsp3) is 0.833. The molecule has 4 heteroatoms. The van der Waals surface area contributed by atoms with Crippen LogP contribution in [-0.2, 0) is 4.79 Å². The quantitative estimate of drug-likeness (QED) is 0.740. The number of hydrogen-bond acceptors (Lipinski definition) is 3. The van der Waals surface area contributed by atoms with Gasteiger partial charge in [0.25, 0.3) is 0 Å². The van der Waals surface area contributed by atoms with Gasteiger partial charge in [-0.25, -0.2) is 0 Å². The van der Waals surface area contributed by atoms with E-state index in [0.717, 1.165) is 38.9 Å². The average molecular weight is 303 g/mol. The van der Waals surface area contributed by atoms with Crippen LogP contribution in [0.3, 0.4) is 0 Å². The van der Waals surface area contributed by atoms with Crippen LogP contribution in [0.4, 0.5) is 0 Å². The van der Waals surface area contributed by atoms with Gasteiger partial charge in [-0.2, -0.15) is 0 Å². The van der Waals surface area contributed by atoms with Crippen molar-refractivity contribution >= 4 is 5.91 Å². The van der Waals surface area contributed by atoms with Gasteiger partial charge in [0.05, 0.1) is 12.6 Å². The first-order valence-electron chi connectivity index (χ1n) is 9.00. The molecular weight excluding hydrogens is 274 g/mol. The first-order chi connectivity index (χ1) is 10.8. The van der Waals surface area contributed by atoms with E-state index in [0.29, 0.717) is 18.5 Å². The summed E-state index contributed by atoms with van der Waals surface area (Å²) in [6, 6.07) is 0.618. The summed E-state index contributed by atoms with van der Waals surface area (Å²) in [5.41, 5.74) is 0. The van der Waals surface area contributed by atoms with Crippen LogP contribution in [0.15, 0.2) is 0 Å². The first kappa shape index (κ1) is 15.8. The van der Waals surface area contributed by atoms with Gasteiger partial charge in [0.1, 0.15) is 0 Å². The third kappa shape index (κ3) is 3.47. The molecule has 0 aromatic rings. The van der Waals surface area contributed by atoms with Gasteiger partial charge in [-0.05, 0) is 58.2 Å². The zero-order chi connectivity index (χ0) is 15.4. The van der Waals surface area contributed by atoms with Crippen molar-refractivity contribution in [3.8, 4) is 12.3 Å². The summed E-state index contributed by atoms with van der Waals surface area (Å²) in [4.78, 5) is 19.9. The number of rotatable bonds is 3. The van der Waals surface area contributed by atoms with E-state index in [1.165, 1.54) is 38.8 Å². The Morgan fingerprint density at radius 2 is 1.77 bits per heavy atom. The zero-order valence-electron chi connectivity index (χ0n) is 13.7. The van der Waals surface area contributed by atoms with Gasteiger partial charge >= 0.3 is 0 Å². The Bertz CT molecular complexity index is 425. The highest BCUT2D eigenvalue weighted by atomic mass is 16.2. The molecule has 0 spiro atoms. The maximum atomic E-state index is 13.0. The van der Waals surface area contributed by atoms with Crippen LogP contribution in [-0.4, -0.2) is 72.0 Å². The second kappa shape index (κ2) is 7.48. The second-order valence-electron chi connectivity index (χ2n) is 7.01. The van der Waals surface area contributed by atoms with Gasteiger partial charge in [0, 0.05) is 19.1 Å². The monoisotopic (exact) mass is 303 g/mol. The summed E-state index contributed by atoms with van der Waals surface area (Å²) in [5.74, 6) is 3.06. The molecule has 3 fully saturated rings. The number of likely N-dealkylation sites (tertiary alicyclic amines) is 3. The molecule has 3 rings (SSSR count). The van der Waals surface area contributed by atoms with Crippen LogP contribution < -0.4 is 0 Å². The second-order valence-corrected chi connectivity index (χ2v) is 7.01. The zero-order valence-corrected chi connectivity index (χ0v) is 13.7. The number of piperidine rings is 2. The molecule has 0 radical (unpaired) electrons. The van der Waals surface area contributed by atoms with Crippen molar-refractivity contribution in [1.29, 1.82) is 0 Å². The molecule has 2 atom stereocenters. The van der Waals surface area contributed by atoms with E-state index in [-0.39, 0.29) is 6.04 Å². The van der Waals surface area contributed by atoms with Crippen LogP contribution in [0.5, 0.6) is 0 Å². The number of hydrogen-bond donors (Lipinski definition) is 0. The highest BCUT2D eigenvalue weighted by Crippen LogP contribution is 2.24. The number of nitrogens with zero attached hydrogens (tertiary/aromatic N) is 3. The summed E-state index contributed by atoms with van der Waals surface area (Å²) >= 11 is 0. The molecule has 3 saturated heterocycles. The smallest absolute Gasteiger partial charge is 0.240 e. The van der Waals surface area contributed by atoms with Crippen LogP contribution in [0.25, 0.3) is 0 Å². The Kier molecular flexibility index (Phi) is 5.38. The molecule has 3 aliphatic heterocycles. The van der Waals surface area contributed by atoms with Crippen molar-refractivity contribution in [1.82, 2.24) is 14.7 Å². The van der Waals surface area contributed by atoms with Crippen LogP contribution in [0.1, 0.15) is 44.9 Å². The molecule has 3 aliphatic rings. The van der Waals surface area contributed by atoms with Crippen LogP contribution in [0.2, 0.25) is 0 Å². The summed E-state index contributed by atoms with van der Waals surface area (Å²) in [5, 5.41) is 0. The predicted molar refractivity (Wildman–Crippen MR) is 88.5 cm³/mol. The number of carbonyl (C=O) groups excluding carboxylic acids is 1. The van der Waals surface area contributed by atoms with E-state index in [4.69, 9.17) is 6.42 Å². The molecule has 0 unspecified atom stereocenters. The molecule has 0 aliphatic carbocycles. The summed E-state index contributed by atoms with van der Waals surface area (Å²) in [6.45, 7) is 5.89. The third-order valence-corrected chi connectivity index (χ3v) is 5.56. The molecule has 0 bridgehead atoms. The Morgan fingerprint density at radius 3 is 2.55 bits per heavy atom. The molecule has 0 saturated carbocycles. The molecule has 0 aromatic carbocycles. The molecular formula is C18H29N3O. The van der Waals surface area contributed by atoms with Crippen molar-refractivity contribution in [2.24, 2.45) is 0 Å². The van der Waals surface area contributed by atoms with Gasteiger partial charge in [0.2, 0.25) is 5.91 Å². The van der Waals surface area contributed by atoms with E-state index in [2.05, 4.69) is 20.6 Å². The van der Waals surface area contributed by atoms with E-state index in [1.54, 1.807) is 0 Å². The summed E-state index contributed by atoms with van der Waals surface area (Å²) in [6.07, 6.45) is 13.8. The van der Waals surface area contributed by atoms with Crippen molar-refractivity contribution in [3.05, 3.63) is 0 Å². The normalized spacial score (nSPS) is 31.1. The minimum atomic E-state index is 0.0297. The lowest BCUT2D eigenvalue weighted by atomic mass is 9.98. The molecule has 122 valence electrons. The molecule has 3 heterocycles. The van der Waals surface area contributed by atoms with Gasteiger partial charge < -0.3 is 4.90 Å². The highest BCUT2D eigenvalue weighted by Gasteiger charge is 2.35. The van der Waals surface area contributed by atoms with Gasteiger partial charge in [0.15, 0.2) is 0 Å². The fourth-order valence-corrected chi connectivity index (χ4v) is 4.35. The third-order valence-electron chi connectivity index (χ3n) is 5.56. The lowest BCUT2D eigenvalue weighted by Gasteiger charge is -2.41. The van der Waals surface area contributed by atoms with Crippen molar-refractivity contribution < 1.29 is 4.79 Å². The van der Waals surface area contributed by atoms with Crippen molar-refractivity contribution in [3.63, 3.8) is 0 Å². The molecule has 0 aromatic heterocycles. The van der Waals surface area contributed by atoms with Gasteiger partial charge in [-0.3, -0.25) is 14.6 Å². The largest absolute Gasteiger partial charge is 0.340 e. The number of carbonyl (C=O) groups is 1. The van der Waals surface area contributed by atoms with Crippen LogP contribution >= 0.6 is 0 Å². The van der Waals surface area contributed by atoms with E-state index < -0.39 is 0 Å². The SMILES string of the molecule is C#CCN1CCCC[C@H]1C(=O)N1CCC[C@H](N2CCCC2)C1. The standard InChI is InChI=1S/C18H29N3O/c1-2-10-20-13-4-3-9-17(20)18(22)21-14-7-8-16(15-21)19-11-5-6-12-19/h1,16-17H,3-15H2/t16-,17-/m0/s1. The molecule has 22 heavy (non-hydrogen) atoms. The average Bonchev–Trinajstić information content (AvgIpc) is 3.10. The minimum absolute atomic E-state index is 0.0297. The maximum Gasteiger partial charge on any atom is 0.240 e. The molecule has 4 nitrogen and oxygen atoms in total. The van der Waals surface area contributed by atoms with Crippen molar-refractivity contribution in [2.45, 2.75) is 57.0 Å². The number of terminal acetylenes is 1. The highest BCUT2D eigenvalue weighted by molar-refractivity contribution is 5.82. The van der Waals surface area contributed by atoms with Crippen LogP contribution in [0, 0.1) is 12.3 Å². The summed E-state index contributed by atoms with van der Waals surface area (Å²) in [7, 11) is 0. The van der Waals surface area contributed by atoms with E-state index in [1.807, 2.05) is 0 Å². The van der Waals surface area contributed by atoms with Gasteiger partial charge in [-0.15, -0.1) is 6.42 Å². The predicted octanol–water partition coefficient (Wildman–Crippen LogP) is 1.56.